The number of nitriles is 1. The van der Waals surface area contributed by atoms with Crippen molar-refractivity contribution in [2.45, 2.75) is 46.4 Å². The Balaban J connectivity index is 1.60. The molecule has 4 aromatic rings. The second-order valence-corrected chi connectivity index (χ2v) is 12.0. The molecule has 0 radical (unpaired) electrons. The van der Waals surface area contributed by atoms with Gasteiger partial charge in [-0.1, -0.05) is 59.3 Å². The number of hydrogen-bond donors (Lipinski definition) is 0. The molecular weight excluding hydrogens is 626 g/mol. The molecule has 0 saturated carbocycles. The van der Waals surface area contributed by atoms with Crippen LogP contribution in [0.25, 0.3) is 6.08 Å². The van der Waals surface area contributed by atoms with Gasteiger partial charge in [0.05, 0.1) is 52.3 Å². The maximum Gasteiger partial charge on any atom is 0.338 e. The molecule has 11 heteroatoms. The minimum Gasteiger partial charge on any atom is -0.493 e. The molecule has 1 atom stereocenters. The molecule has 5 rings (SSSR count). The molecule has 1 aliphatic heterocycles. The van der Waals surface area contributed by atoms with Crippen LogP contribution in [0.15, 0.2) is 81.7 Å². The van der Waals surface area contributed by atoms with E-state index in [-0.39, 0.29) is 35.5 Å². The highest BCUT2D eigenvalue weighted by Crippen LogP contribution is 2.38. The summed E-state index contributed by atoms with van der Waals surface area (Å²) in [5, 5.41) is 9.68. The van der Waals surface area contributed by atoms with E-state index in [0.717, 1.165) is 0 Å². The second kappa shape index (κ2) is 14.1. The maximum absolute atomic E-state index is 14.1. The van der Waals surface area contributed by atoms with Crippen LogP contribution in [0.2, 0.25) is 5.02 Å². The lowest BCUT2D eigenvalue weighted by Crippen LogP contribution is -2.40. The van der Waals surface area contributed by atoms with E-state index in [0.29, 0.717) is 54.5 Å². The van der Waals surface area contributed by atoms with E-state index in [9.17, 15) is 14.9 Å². The van der Waals surface area contributed by atoms with E-state index in [2.05, 4.69) is 11.1 Å². The van der Waals surface area contributed by atoms with Gasteiger partial charge in [0.2, 0.25) is 0 Å². The largest absolute Gasteiger partial charge is 0.493 e. The molecule has 0 N–H and O–H groups in total. The number of para-hydroxylation sites is 1. The van der Waals surface area contributed by atoms with Gasteiger partial charge >= 0.3 is 5.97 Å². The molecule has 2 heterocycles. The SMILES string of the molecule is CCOC(=O)C1=C(C)N=c2s/c(=C/c3cc(Cl)c(OCc4ccccc4C#N)c(OC)c3)c(=O)n2[C@H]1c1ccccc1OC(C)C. The molecule has 0 fully saturated rings. The van der Waals surface area contributed by atoms with Crippen LogP contribution in [-0.4, -0.2) is 30.4 Å². The fraction of sp³-hybridized carbons (Fsp3) is 0.257. The first-order chi connectivity index (χ1) is 22.2. The third-order valence-corrected chi connectivity index (χ3v) is 8.42. The van der Waals surface area contributed by atoms with E-state index in [1.54, 1.807) is 44.2 Å². The number of nitrogens with zero attached hydrogens (tertiary/aromatic N) is 3. The van der Waals surface area contributed by atoms with Gasteiger partial charge in [0.25, 0.3) is 5.56 Å². The van der Waals surface area contributed by atoms with E-state index in [4.69, 9.17) is 30.5 Å². The molecule has 9 nitrogen and oxygen atoms in total. The van der Waals surface area contributed by atoms with Crippen molar-refractivity contribution in [3.8, 4) is 23.3 Å². The monoisotopic (exact) mass is 657 g/mol. The number of halogens is 1. The lowest BCUT2D eigenvalue weighted by Gasteiger charge is -2.26. The number of esters is 1. The van der Waals surface area contributed by atoms with Crippen LogP contribution in [0, 0.1) is 11.3 Å². The van der Waals surface area contributed by atoms with E-state index in [1.165, 1.54) is 23.0 Å². The summed E-state index contributed by atoms with van der Waals surface area (Å²) in [7, 11) is 1.50. The number of methoxy groups -OCH3 is 1. The van der Waals surface area contributed by atoms with Crippen molar-refractivity contribution in [1.29, 1.82) is 5.26 Å². The Morgan fingerprint density at radius 3 is 2.61 bits per heavy atom. The first-order valence-electron chi connectivity index (χ1n) is 14.6. The highest BCUT2D eigenvalue weighted by Gasteiger charge is 2.35. The number of ether oxygens (including phenoxy) is 4. The molecule has 0 unspecified atom stereocenters. The first kappa shape index (κ1) is 32.5. The number of fused-ring (bicyclic) bond motifs is 1. The predicted molar refractivity (Wildman–Crippen MR) is 176 cm³/mol. The van der Waals surface area contributed by atoms with Crippen molar-refractivity contribution < 1.29 is 23.7 Å². The number of allylic oxidation sites excluding steroid dienone is 1. The van der Waals surface area contributed by atoms with Gasteiger partial charge < -0.3 is 18.9 Å². The minimum atomic E-state index is -0.822. The molecule has 3 aromatic carbocycles. The molecule has 0 aliphatic carbocycles. The summed E-state index contributed by atoms with van der Waals surface area (Å²) in [5.41, 5.74) is 2.84. The summed E-state index contributed by atoms with van der Waals surface area (Å²) >= 11 is 7.86. The smallest absolute Gasteiger partial charge is 0.338 e. The standard InChI is InChI=1S/C35H32ClN3O6S/c1-6-43-34(41)30-21(4)38-35-39(31(30)25-13-9-10-14-27(25)45-20(2)3)33(40)29(46-35)17-22-15-26(36)32(28(16-22)42-5)44-19-24-12-8-7-11-23(24)18-37/h7-17,20,31H,6,19H2,1-5H3/b29-17+/t31-/m0/s1. The van der Waals surface area contributed by atoms with Crippen LogP contribution >= 0.6 is 22.9 Å². The van der Waals surface area contributed by atoms with Crippen LogP contribution < -0.4 is 29.1 Å². The lowest BCUT2D eigenvalue weighted by atomic mass is 9.95. The molecule has 0 bridgehead atoms. The van der Waals surface area contributed by atoms with E-state index in [1.807, 2.05) is 50.2 Å². The van der Waals surface area contributed by atoms with Gasteiger partial charge in [0.1, 0.15) is 18.4 Å². The Hall–Kier alpha value is -4.85. The van der Waals surface area contributed by atoms with E-state index >= 15 is 0 Å². The van der Waals surface area contributed by atoms with Crippen molar-refractivity contribution >= 4 is 35.0 Å². The summed E-state index contributed by atoms with van der Waals surface area (Å²) in [6, 6.07) is 19.2. The number of carbonyl (C=O) groups is 1. The fourth-order valence-corrected chi connectivity index (χ4v) is 6.49. The number of carbonyl (C=O) groups excluding carboxylic acids is 1. The van der Waals surface area contributed by atoms with Crippen molar-refractivity contribution in [3.63, 3.8) is 0 Å². The van der Waals surface area contributed by atoms with Crippen LogP contribution in [0.4, 0.5) is 0 Å². The number of thiazole rings is 1. The lowest BCUT2D eigenvalue weighted by molar-refractivity contribution is -0.139. The number of benzene rings is 3. The van der Waals surface area contributed by atoms with Gasteiger partial charge in [-0.05, 0) is 63.6 Å². The maximum atomic E-state index is 14.1. The predicted octanol–water partition coefficient (Wildman–Crippen LogP) is 5.70. The summed E-state index contributed by atoms with van der Waals surface area (Å²) in [6.45, 7) is 7.58. The van der Waals surface area contributed by atoms with Gasteiger partial charge in [-0.3, -0.25) is 9.36 Å². The summed E-state index contributed by atoms with van der Waals surface area (Å²) in [6.07, 6.45) is 1.56. The molecule has 1 aliphatic rings. The zero-order valence-corrected chi connectivity index (χ0v) is 27.6. The Bertz CT molecular complexity index is 2060. The van der Waals surface area contributed by atoms with Crippen LogP contribution in [0.5, 0.6) is 17.2 Å². The molecule has 0 spiro atoms. The van der Waals surface area contributed by atoms with Crippen LogP contribution in [0.3, 0.4) is 0 Å². The first-order valence-corrected chi connectivity index (χ1v) is 15.8. The second-order valence-electron chi connectivity index (χ2n) is 10.6. The van der Waals surface area contributed by atoms with Gasteiger partial charge in [0.15, 0.2) is 16.3 Å². The molecular formula is C35H32ClN3O6S. The minimum absolute atomic E-state index is 0.113. The fourth-order valence-electron chi connectivity index (χ4n) is 5.17. The summed E-state index contributed by atoms with van der Waals surface area (Å²) in [4.78, 5) is 32.5. The van der Waals surface area contributed by atoms with Crippen LogP contribution in [0.1, 0.15) is 56.0 Å². The van der Waals surface area contributed by atoms with Gasteiger partial charge in [-0.25, -0.2) is 9.79 Å². The third kappa shape index (κ3) is 6.57. The zero-order chi connectivity index (χ0) is 33.0. The quantitative estimate of drug-likeness (QED) is 0.201. The Morgan fingerprint density at radius 2 is 1.89 bits per heavy atom. The molecule has 0 amide bonds. The van der Waals surface area contributed by atoms with Crippen LogP contribution in [-0.2, 0) is 16.1 Å². The number of rotatable bonds is 10. The van der Waals surface area contributed by atoms with E-state index < -0.39 is 12.0 Å². The highest BCUT2D eigenvalue weighted by atomic mass is 35.5. The molecule has 236 valence electrons. The topological polar surface area (TPSA) is 112 Å². The highest BCUT2D eigenvalue weighted by molar-refractivity contribution is 7.07. The Morgan fingerprint density at radius 1 is 1.15 bits per heavy atom. The van der Waals surface area contributed by atoms with Crippen molar-refractivity contribution in [2.24, 2.45) is 4.99 Å². The van der Waals surface area contributed by atoms with Gasteiger partial charge in [0, 0.05) is 11.1 Å². The van der Waals surface area contributed by atoms with Crippen molar-refractivity contribution in [3.05, 3.63) is 119 Å². The normalized spacial score (nSPS) is 14.4. The molecule has 0 saturated heterocycles. The Kier molecular flexibility index (Phi) is 9.95. The molecule has 46 heavy (non-hydrogen) atoms. The summed E-state index contributed by atoms with van der Waals surface area (Å²) < 4.78 is 25.0. The third-order valence-electron chi connectivity index (χ3n) is 7.15. The average Bonchev–Trinajstić information content (AvgIpc) is 3.33. The molecule has 1 aromatic heterocycles. The Labute approximate surface area is 275 Å². The van der Waals surface area contributed by atoms with Crippen molar-refractivity contribution in [1.82, 2.24) is 4.57 Å². The average molecular weight is 658 g/mol. The van der Waals surface area contributed by atoms with Crippen molar-refractivity contribution in [2.75, 3.05) is 13.7 Å². The summed E-state index contributed by atoms with van der Waals surface area (Å²) in [5.74, 6) is 0.677. The van der Waals surface area contributed by atoms with Gasteiger partial charge in [-0.2, -0.15) is 5.26 Å². The van der Waals surface area contributed by atoms with Gasteiger partial charge in [-0.15, -0.1) is 0 Å². The number of hydrogen-bond acceptors (Lipinski definition) is 9. The number of aromatic nitrogens is 1. The zero-order valence-electron chi connectivity index (χ0n) is 26.0.